The van der Waals surface area contributed by atoms with E-state index >= 15 is 0 Å². The molecule has 0 radical (unpaired) electrons. The Hall–Kier alpha value is -5.20. The van der Waals surface area contributed by atoms with E-state index in [0.29, 0.717) is 38.7 Å². The van der Waals surface area contributed by atoms with E-state index in [4.69, 9.17) is 29.2 Å². The molecule has 278 valence electrons. The Balaban J connectivity index is 0.000000384. The second-order valence-corrected chi connectivity index (χ2v) is 10.3. The lowest BCUT2D eigenvalue weighted by molar-refractivity contribution is -0.138. The van der Waals surface area contributed by atoms with E-state index in [2.05, 4.69) is 0 Å². The van der Waals surface area contributed by atoms with Crippen LogP contribution in [-0.4, -0.2) is 70.9 Å². The van der Waals surface area contributed by atoms with Crippen LogP contribution in [0.2, 0.25) is 0 Å². The molecule has 1 fully saturated rings. The molecule has 1 aliphatic rings. The number of aromatic hydroxyl groups is 1. The Morgan fingerprint density at radius 1 is 0.784 bits per heavy atom. The lowest BCUT2D eigenvalue weighted by atomic mass is 10.3. The number of esters is 2. The fourth-order valence-corrected chi connectivity index (χ4v) is 4.16. The first-order valence-electron chi connectivity index (χ1n) is 16.3. The molecule has 5 rings (SSSR count). The molecular formula is C39H50F2N2O8. The number of rotatable bonds is 12. The summed E-state index contributed by atoms with van der Waals surface area (Å²) in [5, 5.41) is 17.4. The number of phenols is 1. The number of halogens is 2. The van der Waals surface area contributed by atoms with Gasteiger partial charge in [-0.25, -0.2) is 18.4 Å². The SMILES string of the molecule is C.C1CCOC1.CCOC(=O)/C=C/c1cccn1CCO.CCOC(=O)/C=C/c1cccn1CCOc1cccc(F)c1.Oc1cccc(F)c1. The van der Waals surface area contributed by atoms with Gasteiger partial charge >= 0.3 is 11.9 Å². The van der Waals surface area contributed by atoms with Gasteiger partial charge in [-0.3, -0.25) is 0 Å². The fourth-order valence-electron chi connectivity index (χ4n) is 4.16. The van der Waals surface area contributed by atoms with Crippen molar-refractivity contribution < 1.29 is 47.5 Å². The van der Waals surface area contributed by atoms with Crippen molar-refractivity contribution in [3.05, 3.63) is 120 Å². The number of hydrogen-bond donors (Lipinski definition) is 2. The van der Waals surface area contributed by atoms with Gasteiger partial charge in [0.25, 0.3) is 0 Å². The highest BCUT2D eigenvalue weighted by atomic mass is 19.1. The standard InChI is InChI=1S/C17H18FNO3.C11H15NO3.C6H5FO.C4H8O.CH4/c1-2-21-17(20)9-8-15-6-4-10-19(15)11-12-22-16-7-3-5-14(18)13-16;1-2-15-11(14)6-5-10-4-3-7-12(10)8-9-13;7-5-2-1-3-6(8)4-5;1-2-4-5-3-1;/h3-10,13H,2,11-12H2,1H3;3-7,13H,2,8-9H2,1H3;1-4,8H;1-4H2;1H4/b9-8+;6-5+;;;. The molecule has 1 saturated heterocycles. The number of phenolic OH excluding ortho intramolecular Hbond substituents is 1. The van der Waals surface area contributed by atoms with Crippen LogP contribution in [0.1, 0.15) is 45.5 Å². The molecule has 2 aromatic carbocycles. The summed E-state index contributed by atoms with van der Waals surface area (Å²) in [6.07, 6.45) is 12.4. The Morgan fingerprint density at radius 3 is 1.75 bits per heavy atom. The second kappa shape index (κ2) is 26.6. The van der Waals surface area contributed by atoms with Crippen molar-refractivity contribution in [1.29, 1.82) is 0 Å². The number of carbonyl (C=O) groups excluding carboxylic acids is 2. The highest BCUT2D eigenvalue weighted by Crippen LogP contribution is 2.13. The van der Waals surface area contributed by atoms with Crippen LogP contribution in [0, 0.1) is 11.6 Å². The third-order valence-corrected chi connectivity index (χ3v) is 6.46. The van der Waals surface area contributed by atoms with Gasteiger partial charge in [0.05, 0.1) is 26.4 Å². The monoisotopic (exact) mass is 712 g/mol. The molecule has 0 spiro atoms. The molecule has 4 aromatic rings. The summed E-state index contributed by atoms with van der Waals surface area (Å²) < 4.78 is 48.9. The van der Waals surface area contributed by atoms with Gasteiger partial charge in [0.1, 0.15) is 29.7 Å². The summed E-state index contributed by atoms with van der Waals surface area (Å²) in [7, 11) is 0. The Kier molecular flexibility index (Phi) is 22.9. The van der Waals surface area contributed by atoms with Gasteiger partial charge in [-0.15, -0.1) is 0 Å². The van der Waals surface area contributed by atoms with Gasteiger partial charge in [0.2, 0.25) is 0 Å². The summed E-state index contributed by atoms with van der Waals surface area (Å²) in [5.41, 5.74) is 1.74. The molecule has 0 saturated carbocycles. The molecule has 0 bridgehead atoms. The average molecular weight is 713 g/mol. The number of hydrogen-bond acceptors (Lipinski definition) is 8. The average Bonchev–Trinajstić information content (AvgIpc) is 3.89. The van der Waals surface area contributed by atoms with Crippen LogP contribution in [0.4, 0.5) is 8.78 Å². The van der Waals surface area contributed by atoms with Crippen molar-refractivity contribution in [3.8, 4) is 11.5 Å². The smallest absolute Gasteiger partial charge is 0.330 e. The molecule has 2 N–H and O–H groups in total. The fraction of sp³-hybridized carbons (Fsp3) is 0.333. The number of carbonyl (C=O) groups is 2. The van der Waals surface area contributed by atoms with Crippen molar-refractivity contribution in [2.45, 2.75) is 47.2 Å². The normalized spacial score (nSPS) is 11.6. The number of aliphatic hydroxyl groups excluding tert-OH is 1. The topological polar surface area (TPSA) is 121 Å². The Bertz CT molecular complexity index is 1570. The number of ether oxygens (including phenoxy) is 4. The molecule has 12 heteroatoms. The first-order chi connectivity index (χ1) is 24.2. The van der Waals surface area contributed by atoms with Crippen molar-refractivity contribution >= 4 is 24.1 Å². The predicted octanol–water partition coefficient (Wildman–Crippen LogP) is 7.30. The van der Waals surface area contributed by atoms with E-state index in [1.165, 1.54) is 55.3 Å². The van der Waals surface area contributed by atoms with Crippen LogP contribution in [0.3, 0.4) is 0 Å². The zero-order chi connectivity index (χ0) is 36.4. The molecule has 0 atom stereocenters. The van der Waals surface area contributed by atoms with Gasteiger partial charge in [-0.05, 0) is 87.4 Å². The van der Waals surface area contributed by atoms with Crippen molar-refractivity contribution in [3.63, 3.8) is 0 Å². The highest BCUT2D eigenvalue weighted by molar-refractivity contribution is 5.87. The summed E-state index contributed by atoms with van der Waals surface area (Å²) in [4.78, 5) is 22.3. The highest BCUT2D eigenvalue weighted by Gasteiger charge is 2.02. The van der Waals surface area contributed by atoms with Crippen LogP contribution in [-0.2, 0) is 36.9 Å². The van der Waals surface area contributed by atoms with Crippen LogP contribution in [0.25, 0.3) is 12.2 Å². The molecule has 1 aliphatic heterocycles. The largest absolute Gasteiger partial charge is 0.508 e. The molecule has 3 heterocycles. The van der Waals surface area contributed by atoms with E-state index < -0.39 is 5.82 Å². The Morgan fingerprint density at radius 2 is 1.31 bits per heavy atom. The molecular weight excluding hydrogens is 662 g/mol. The molecule has 51 heavy (non-hydrogen) atoms. The van der Waals surface area contributed by atoms with Gasteiger partial charge < -0.3 is 38.3 Å². The van der Waals surface area contributed by atoms with Crippen molar-refractivity contribution in [2.24, 2.45) is 0 Å². The first-order valence-corrected chi connectivity index (χ1v) is 16.3. The second-order valence-electron chi connectivity index (χ2n) is 10.3. The van der Waals surface area contributed by atoms with E-state index in [-0.39, 0.29) is 37.5 Å². The van der Waals surface area contributed by atoms with E-state index in [9.17, 15) is 18.4 Å². The summed E-state index contributed by atoms with van der Waals surface area (Å²) in [5.74, 6) is -0.997. The third kappa shape index (κ3) is 19.5. The maximum absolute atomic E-state index is 13.0. The van der Waals surface area contributed by atoms with E-state index in [0.717, 1.165) is 30.7 Å². The number of nitrogens with zero attached hydrogens (tertiary/aromatic N) is 2. The van der Waals surface area contributed by atoms with Crippen molar-refractivity contribution in [1.82, 2.24) is 9.13 Å². The predicted molar refractivity (Wildman–Crippen MR) is 194 cm³/mol. The molecule has 0 unspecified atom stereocenters. The summed E-state index contributed by atoms with van der Waals surface area (Å²) in [6, 6.07) is 18.7. The maximum Gasteiger partial charge on any atom is 0.330 e. The van der Waals surface area contributed by atoms with Gasteiger partial charge in [-0.2, -0.15) is 0 Å². The third-order valence-electron chi connectivity index (χ3n) is 6.46. The van der Waals surface area contributed by atoms with E-state index in [1.54, 1.807) is 38.1 Å². The van der Waals surface area contributed by atoms with Gasteiger partial charge in [0.15, 0.2) is 0 Å². The van der Waals surface area contributed by atoms with Gasteiger partial charge in [0, 0.05) is 67.8 Å². The van der Waals surface area contributed by atoms with Crippen LogP contribution >= 0.6 is 0 Å². The van der Waals surface area contributed by atoms with E-state index in [1.807, 2.05) is 45.8 Å². The first kappa shape index (κ1) is 43.8. The van der Waals surface area contributed by atoms with Crippen molar-refractivity contribution in [2.75, 3.05) is 39.6 Å². The lowest BCUT2D eigenvalue weighted by Gasteiger charge is -2.09. The van der Waals surface area contributed by atoms with Gasteiger partial charge in [-0.1, -0.05) is 19.6 Å². The Labute approximate surface area is 299 Å². The quantitative estimate of drug-likeness (QED) is 0.116. The zero-order valence-electron chi connectivity index (χ0n) is 28.5. The van der Waals surface area contributed by atoms with Crippen LogP contribution < -0.4 is 4.74 Å². The minimum Gasteiger partial charge on any atom is -0.508 e. The minimum absolute atomic E-state index is 0. The maximum atomic E-state index is 13.0. The molecule has 2 aromatic heterocycles. The summed E-state index contributed by atoms with van der Waals surface area (Å²) in [6.45, 7) is 7.85. The number of aromatic nitrogens is 2. The molecule has 0 amide bonds. The number of aliphatic hydroxyl groups is 1. The number of benzene rings is 2. The van der Waals surface area contributed by atoms with Crippen LogP contribution in [0.5, 0.6) is 11.5 Å². The van der Waals surface area contributed by atoms with Crippen LogP contribution in [0.15, 0.2) is 97.3 Å². The minimum atomic E-state index is -0.412. The lowest BCUT2D eigenvalue weighted by Crippen LogP contribution is -2.08. The molecule has 10 nitrogen and oxygen atoms in total. The summed E-state index contributed by atoms with van der Waals surface area (Å²) >= 11 is 0. The molecule has 0 aliphatic carbocycles. The zero-order valence-corrected chi connectivity index (χ0v) is 28.5.